The molecule has 2 atom stereocenters. The van der Waals surface area contributed by atoms with Gasteiger partial charge < -0.3 is 19.3 Å². The number of anilines is 3. The number of nitro groups is 1. The van der Waals surface area contributed by atoms with Crippen molar-refractivity contribution in [3.63, 3.8) is 0 Å². The van der Waals surface area contributed by atoms with Gasteiger partial charge in [-0.25, -0.2) is 9.69 Å². The number of fused-ring (bicyclic) bond motifs is 4. The van der Waals surface area contributed by atoms with Gasteiger partial charge in [-0.1, -0.05) is 18.2 Å². The van der Waals surface area contributed by atoms with Crippen LogP contribution >= 0.6 is 0 Å². The van der Waals surface area contributed by atoms with Gasteiger partial charge in [0.2, 0.25) is 5.91 Å². The van der Waals surface area contributed by atoms with Crippen LogP contribution in [0.1, 0.15) is 5.56 Å². The Bertz CT molecular complexity index is 1300. The summed E-state index contributed by atoms with van der Waals surface area (Å²) in [6.07, 6.45) is -0.0988. The zero-order valence-corrected chi connectivity index (χ0v) is 19.9. The Labute approximate surface area is 211 Å². The molecule has 6 rings (SSSR count). The summed E-state index contributed by atoms with van der Waals surface area (Å²) in [6.45, 7) is 2.83. The Hall–Kier alpha value is -4.03. The zero-order chi connectivity index (χ0) is 25.7. The van der Waals surface area contributed by atoms with Gasteiger partial charge in [0.25, 0.3) is 11.6 Å². The number of ether oxygens (including phenoxy) is 2. The van der Waals surface area contributed by atoms with Gasteiger partial charge in [-0.15, -0.1) is 0 Å². The summed E-state index contributed by atoms with van der Waals surface area (Å²) in [7, 11) is 0. The van der Waals surface area contributed by atoms with Crippen molar-refractivity contribution < 1.29 is 28.8 Å². The van der Waals surface area contributed by atoms with Gasteiger partial charge in [-0.2, -0.15) is 0 Å². The highest BCUT2D eigenvalue weighted by Gasteiger charge is 2.63. The van der Waals surface area contributed by atoms with Crippen LogP contribution in [0.3, 0.4) is 0 Å². The first kappa shape index (κ1) is 23.4. The number of morpholine rings is 2. The van der Waals surface area contributed by atoms with E-state index in [1.165, 1.54) is 6.07 Å². The molecule has 4 aliphatic rings. The standard InChI is InChI=1S/C25H25N5O7/c31-22-25(23(32)29(24(33)26-22)17-4-2-1-3-5-17)14-16-12-20(30(34)35)19(27-6-9-36-10-7-27)13-18(16)28-8-11-37-15-21(25)28/h1-5,12-13,21H,6-11,14-15H2,(H,26,31,33). The number of hydrogen-bond acceptors (Lipinski definition) is 9. The van der Waals surface area contributed by atoms with Gasteiger partial charge in [0.05, 0.1) is 43.1 Å². The Morgan fingerprint density at radius 3 is 2.43 bits per heavy atom. The lowest BCUT2D eigenvalue weighted by Crippen LogP contribution is -2.74. The highest BCUT2D eigenvalue weighted by Crippen LogP contribution is 2.49. The van der Waals surface area contributed by atoms with Crippen molar-refractivity contribution >= 4 is 40.6 Å². The number of urea groups is 1. The predicted octanol–water partition coefficient (Wildman–Crippen LogP) is 1.46. The van der Waals surface area contributed by atoms with E-state index in [4.69, 9.17) is 9.47 Å². The van der Waals surface area contributed by atoms with E-state index in [2.05, 4.69) is 5.32 Å². The predicted molar refractivity (Wildman–Crippen MR) is 132 cm³/mol. The molecule has 0 aliphatic carbocycles. The van der Waals surface area contributed by atoms with E-state index in [1.807, 2.05) is 9.80 Å². The maximum absolute atomic E-state index is 14.1. The minimum absolute atomic E-state index is 0.0952. The van der Waals surface area contributed by atoms with E-state index >= 15 is 0 Å². The molecule has 1 spiro atoms. The fourth-order valence-corrected chi connectivity index (χ4v) is 5.86. The molecule has 37 heavy (non-hydrogen) atoms. The minimum atomic E-state index is -1.70. The third-order valence-corrected chi connectivity index (χ3v) is 7.63. The quantitative estimate of drug-likeness (QED) is 0.372. The van der Waals surface area contributed by atoms with Gasteiger partial charge in [-0.05, 0) is 23.8 Å². The Morgan fingerprint density at radius 2 is 1.70 bits per heavy atom. The van der Waals surface area contributed by atoms with Crippen LogP contribution in [0.15, 0.2) is 42.5 Å². The zero-order valence-electron chi connectivity index (χ0n) is 19.9. The molecule has 4 heterocycles. The third-order valence-electron chi connectivity index (χ3n) is 7.63. The van der Waals surface area contributed by atoms with Gasteiger partial charge in [0, 0.05) is 37.8 Å². The SMILES string of the molecule is O=C1NC(=O)C2(Cc3cc([N+](=O)[O-])c(N4CCOCC4)cc3N3CCOCC32)C(=O)N1c1ccccc1. The molecular formula is C25H25N5O7. The molecule has 12 heteroatoms. The molecule has 12 nitrogen and oxygen atoms in total. The molecule has 0 saturated carbocycles. The fraction of sp³-hybridized carbons (Fsp3) is 0.400. The number of carbonyl (C=O) groups excluding carboxylic acids is 3. The maximum atomic E-state index is 14.1. The highest BCUT2D eigenvalue weighted by molar-refractivity contribution is 6.30. The van der Waals surface area contributed by atoms with Crippen LogP contribution < -0.4 is 20.0 Å². The lowest BCUT2D eigenvalue weighted by atomic mass is 9.68. The number of nitrogens with zero attached hydrogens (tertiary/aromatic N) is 4. The molecule has 3 fully saturated rings. The molecule has 2 aromatic rings. The van der Waals surface area contributed by atoms with E-state index in [1.54, 1.807) is 36.4 Å². The first-order valence-corrected chi connectivity index (χ1v) is 12.2. The lowest BCUT2D eigenvalue weighted by Gasteiger charge is -2.53. The monoisotopic (exact) mass is 507 g/mol. The summed E-state index contributed by atoms with van der Waals surface area (Å²) in [5, 5.41) is 14.5. The smallest absolute Gasteiger partial charge is 0.335 e. The van der Waals surface area contributed by atoms with Crippen LogP contribution in [0.25, 0.3) is 0 Å². The van der Waals surface area contributed by atoms with Crippen LogP contribution in [-0.2, 0) is 25.5 Å². The minimum Gasteiger partial charge on any atom is -0.378 e. The molecule has 4 aliphatic heterocycles. The first-order valence-electron chi connectivity index (χ1n) is 12.2. The van der Waals surface area contributed by atoms with E-state index < -0.39 is 34.2 Å². The molecule has 2 aromatic carbocycles. The van der Waals surface area contributed by atoms with Crippen molar-refractivity contribution in [3.05, 3.63) is 58.1 Å². The second kappa shape index (κ2) is 8.82. The van der Waals surface area contributed by atoms with E-state index in [-0.39, 0.29) is 18.7 Å². The number of nitro benzene ring substituents is 1. The average molecular weight is 508 g/mol. The van der Waals surface area contributed by atoms with E-state index in [9.17, 15) is 24.5 Å². The van der Waals surface area contributed by atoms with Crippen molar-refractivity contribution in [1.29, 1.82) is 0 Å². The molecular weight excluding hydrogens is 482 g/mol. The lowest BCUT2D eigenvalue weighted by molar-refractivity contribution is -0.384. The average Bonchev–Trinajstić information content (AvgIpc) is 2.92. The molecule has 0 radical (unpaired) electrons. The van der Waals surface area contributed by atoms with Gasteiger partial charge >= 0.3 is 6.03 Å². The largest absolute Gasteiger partial charge is 0.378 e. The number of barbiturate groups is 1. The molecule has 2 unspecified atom stereocenters. The van der Waals surface area contributed by atoms with Gasteiger partial charge in [-0.3, -0.25) is 25.0 Å². The number of para-hydroxylation sites is 1. The molecule has 4 amide bonds. The third kappa shape index (κ3) is 3.55. The molecule has 0 aromatic heterocycles. The number of benzene rings is 2. The molecule has 192 valence electrons. The number of carbonyl (C=O) groups is 3. The number of imide groups is 2. The van der Waals surface area contributed by atoms with Crippen molar-refractivity contribution in [2.24, 2.45) is 5.41 Å². The van der Waals surface area contributed by atoms with Crippen LogP contribution in [0.2, 0.25) is 0 Å². The Morgan fingerprint density at radius 1 is 0.973 bits per heavy atom. The van der Waals surface area contributed by atoms with Crippen LogP contribution in [0.4, 0.5) is 27.5 Å². The van der Waals surface area contributed by atoms with Gasteiger partial charge in [0.1, 0.15) is 5.69 Å². The number of amides is 4. The van der Waals surface area contributed by atoms with E-state index in [0.717, 1.165) is 10.6 Å². The Kier molecular flexibility index (Phi) is 5.57. The topological polar surface area (TPSA) is 135 Å². The normalized spacial score (nSPS) is 25.6. The van der Waals surface area contributed by atoms with Crippen LogP contribution in [-0.4, -0.2) is 74.9 Å². The van der Waals surface area contributed by atoms with Crippen molar-refractivity contribution in [1.82, 2.24) is 5.32 Å². The summed E-state index contributed by atoms with van der Waals surface area (Å²) in [4.78, 5) is 57.0. The fourth-order valence-electron chi connectivity index (χ4n) is 5.86. The summed E-state index contributed by atoms with van der Waals surface area (Å²) in [6, 6.07) is 10.1. The second-order valence-electron chi connectivity index (χ2n) is 9.49. The first-order chi connectivity index (χ1) is 17.9. The number of nitrogens with one attached hydrogen (secondary N) is 1. The summed E-state index contributed by atoms with van der Waals surface area (Å²) in [5.74, 6) is -1.39. The second-order valence-corrected chi connectivity index (χ2v) is 9.49. The van der Waals surface area contributed by atoms with Crippen LogP contribution in [0.5, 0.6) is 0 Å². The molecule has 1 N–H and O–H groups in total. The maximum Gasteiger partial charge on any atom is 0.335 e. The summed E-state index contributed by atoms with van der Waals surface area (Å²) < 4.78 is 11.2. The van der Waals surface area contributed by atoms with E-state index in [0.29, 0.717) is 56.4 Å². The Balaban J connectivity index is 1.50. The van der Waals surface area contributed by atoms with Gasteiger partial charge in [0.15, 0.2) is 5.41 Å². The summed E-state index contributed by atoms with van der Waals surface area (Å²) in [5.41, 5.74) is 0.254. The molecule has 0 bridgehead atoms. The molecule has 3 saturated heterocycles. The summed E-state index contributed by atoms with van der Waals surface area (Å²) >= 11 is 0. The van der Waals surface area contributed by atoms with Crippen molar-refractivity contribution in [2.45, 2.75) is 12.5 Å². The van der Waals surface area contributed by atoms with Crippen molar-refractivity contribution in [2.75, 3.05) is 60.8 Å². The van der Waals surface area contributed by atoms with Crippen molar-refractivity contribution in [3.8, 4) is 0 Å². The highest BCUT2D eigenvalue weighted by atomic mass is 16.6. The number of hydrogen-bond donors (Lipinski definition) is 1. The van der Waals surface area contributed by atoms with Crippen LogP contribution in [0, 0.1) is 15.5 Å². The number of rotatable bonds is 3.